The Bertz CT molecular complexity index is 1420. The first-order valence-corrected chi connectivity index (χ1v) is 12.0. The molecule has 0 unspecified atom stereocenters. The van der Waals surface area contributed by atoms with Crippen LogP contribution in [0.5, 0.6) is 11.6 Å². The fourth-order valence-corrected chi connectivity index (χ4v) is 3.89. The van der Waals surface area contributed by atoms with E-state index < -0.39 is 17.5 Å². The summed E-state index contributed by atoms with van der Waals surface area (Å²) in [6, 6.07) is 6.51. The maximum absolute atomic E-state index is 13.0. The van der Waals surface area contributed by atoms with Crippen LogP contribution in [0.25, 0.3) is 22.3 Å². The van der Waals surface area contributed by atoms with Gasteiger partial charge in [-0.05, 0) is 24.3 Å². The third-order valence-electron chi connectivity index (χ3n) is 5.87. The van der Waals surface area contributed by atoms with Crippen molar-refractivity contribution in [2.45, 2.75) is 31.2 Å². The summed E-state index contributed by atoms with van der Waals surface area (Å²) < 4.78 is 56.5. The number of imidazole rings is 1. The average molecular weight is 590 g/mol. The van der Waals surface area contributed by atoms with Gasteiger partial charge in [0, 0.05) is 18.8 Å². The van der Waals surface area contributed by atoms with Crippen LogP contribution in [0.1, 0.15) is 29.9 Å². The number of aliphatic hydroxyl groups is 1. The monoisotopic (exact) mass is 590 g/mol. The molecule has 0 aliphatic heterocycles. The zero-order valence-corrected chi connectivity index (χ0v) is 26.0. The molecule has 41 heavy (non-hydrogen) atoms. The molecular weight excluding hydrogens is 566 g/mol. The largest absolute Gasteiger partial charge is 1.00 e. The Morgan fingerprint density at radius 2 is 1.85 bits per heavy atom. The van der Waals surface area contributed by atoms with E-state index in [1.165, 1.54) is 24.9 Å². The Balaban J connectivity index is 0.00000462. The number of hydrogen-bond acceptors (Lipinski definition) is 8. The number of methoxy groups -OCH3 is 1. The molecule has 1 aromatic carbocycles. The third kappa shape index (κ3) is 8.35. The molecule has 4 radical (unpaired) electrons. The molecule has 1 aliphatic carbocycles. The molecule has 2 heterocycles. The van der Waals surface area contributed by atoms with Gasteiger partial charge in [0.15, 0.2) is 27.2 Å². The number of benzene rings is 1. The van der Waals surface area contributed by atoms with Gasteiger partial charge in [0.2, 0.25) is 11.6 Å². The van der Waals surface area contributed by atoms with Gasteiger partial charge in [0.1, 0.15) is 18.0 Å². The topological polar surface area (TPSA) is 129 Å². The second-order valence-corrected chi connectivity index (χ2v) is 9.05. The number of allylic oxidation sites excluding steroid dienone is 1. The van der Waals surface area contributed by atoms with Gasteiger partial charge >= 0.3 is 57.6 Å². The molecule has 2 N–H and O–H groups in total. The third-order valence-corrected chi connectivity index (χ3v) is 5.87. The Hall–Kier alpha value is -2.36. The SMILES string of the molecule is [B]C([B])(O)Oc1cnc(/C(C(=N)OC)=C(/[N-]C)C2CC2)nc1OCc1ccc(-c2nc(C(F)(F)F)cn2C)cc1.[K+]. The molecule has 206 valence electrons. The van der Waals surface area contributed by atoms with Crippen LogP contribution in [0.4, 0.5) is 13.2 Å². The summed E-state index contributed by atoms with van der Waals surface area (Å²) in [7, 11) is 15.2. The summed E-state index contributed by atoms with van der Waals surface area (Å²) in [5, 5.41) is 22.4. The summed E-state index contributed by atoms with van der Waals surface area (Å²) in [4.78, 5) is 12.3. The zero-order valence-electron chi connectivity index (χ0n) is 22.9. The number of ether oxygens (including phenoxy) is 3. The summed E-state index contributed by atoms with van der Waals surface area (Å²) in [6.45, 7) is -0.0660. The number of nitrogens with zero attached hydrogens (tertiary/aromatic N) is 5. The number of alkyl halides is 3. The molecule has 1 aliphatic rings. The Kier molecular flexibility index (Phi) is 10.7. The van der Waals surface area contributed by atoms with Gasteiger partial charge in [-0.3, -0.25) is 5.41 Å². The maximum atomic E-state index is 13.0. The van der Waals surface area contributed by atoms with Crippen molar-refractivity contribution in [3.63, 3.8) is 0 Å². The van der Waals surface area contributed by atoms with Crippen molar-refractivity contribution in [3.8, 4) is 23.0 Å². The minimum Gasteiger partial charge on any atom is -0.689 e. The first kappa shape index (κ1) is 33.1. The number of aromatic nitrogens is 4. The van der Waals surface area contributed by atoms with Crippen molar-refractivity contribution in [2.75, 3.05) is 14.2 Å². The van der Waals surface area contributed by atoms with Crippen LogP contribution in [0.3, 0.4) is 0 Å². The predicted octanol–water partition coefficient (Wildman–Crippen LogP) is 0.547. The maximum Gasteiger partial charge on any atom is 1.00 e. The molecule has 1 saturated carbocycles. The molecule has 1 fully saturated rings. The molecular formula is C25H24B2F3KN6O4. The molecule has 0 amide bonds. The van der Waals surface area contributed by atoms with Crippen LogP contribution < -0.4 is 60.9 Å². The second kappa shape index (κ2) is 13.3. The van der Waals surface area contributed by atoms with Crippen molar-refractivity contribution >= 4 is 27.2 Å². The van der Waals surface area contributed by atoms with Crippen molar-refractivity contribution < 1.29 is 83.9 Å². The smallest absolute Gasteiger partial charge is 0.689 e. The van der Waals surface area contributed by atoms with E-state index in [9.17, 15) is 18.3 Å². The minimum absolute atomic E-state index is 0. The molecule has 0 atom stereocenters. The van der Waals surface area contributed by atoms with Gasteiger partial charge in [-0.1, -0.05) is 24.3 Å². The standard InChI is InChI=1S/C25H24B2F3N6O4.K/c1-32-19(14-8-9-14)18(20(31)38-3)21-33-10-16(40-25(26,27)37)23(35-21)39-12-13-4-6-15(7-5-13)22-34-17(11-36(22)2)24(28,29)30;/h4-7,10-11,14,31,37H,8-9,12H2,1-3H3;/q-1;+1/b19-18+,31-20?;. The van der Waals surface area contributed by atoms with Crippen molar-refractivity contribution in [1.82, 2.24) is 19.5 Å². The normalized spacial score (nSPS) is 14.0. The minimum atomic E-state index is -4.55. The van der Waals surface area contributed by atoms with E-state index in [0.29, 0.717) is 16.8 Å². The fourth-order valence-electron chi connectivity index (χ4n) is 3.89. The van der Waals surface area contributed by atoms with Gasteiger partial charge < -0.3 is 29.2 Å². The zero-order chi connectivity index (χ0) is 29.2. The van der Waals surface area contributed by atoms with Gasteiger partial charge in [-0.25, -0.2) is 9.97 Å². The average Bonchev–Trinajstić information content (AvgIpc) is 3.65. The van der Waals surface area contributed by atoms with Crippen LogP contribution in [-0.2, 0) is 24.6 Å². The first-order valence-electron chi connectivity index (χ1n) is 12.0. The molecule has 0 spiro atoms. The van der Waals surface area contributed by atoms with Gasteiger partial charge in [-0.2, -0.15) is 18.2 Å². The number of hydrogen-bond donors (Lipinski definition) is 2. The number of aryl methyl sites for hydroxylation is 1. The Labute approximate surface area is 279 Å². The molecule has 0 bridgehead atoms. The van der Waals surface area contributed by atoms with Gasteiger partial charge in [0.05, 0.1) is 18.9 Å². The Morgan fingerprint density at radius 1 is 1.20 bits per heavy atom. The number of nitrogens with one attached hydrogen (secondary N) is 1. The number of rotatable bonds is 10. The summed E-state index contributed by atoms with van der Waals surface area (Å²) in [6.07, 6.45) is -0.647. The summed E-state index contributed by atoms with van der Waals surface area (Å²) >= 11 is 0. The van der Waals surface area contributed by atoms with Crippen molar-refractivity contribution in [1.29, 1.82) is 5.41 Å². The van der Waals surface area contributed by atoms with Crippen LogP contribution in [0.15, 0.2) is 42.4 Å². The summed E-state index contributed by atoms with van der Waals surface area (Å²) in [5.74, 6) is -0.152. The van der Waals surface area contributed by atoms with Gasteiger partial charge in [0.25, 0.3) is 5.88 Å². The van der Waals surface area contributed by atoms with Crippen LogP contribution in [0, 0.1) is 11.3 Å². The fraction of sp³-hybridized carbons (Fsp3) is 0.360. The van der Waals surface area contributed by atoms with Gasteiger partial charge in [-0.15, -0.1) is 12.7 Å². The quantitative estimate of drug-likeness (QED) is 0.153. The molecule has 2 aromatic heterocycles. The predicted molar refractivity (Wildman–Crippen MR) is 141 cm³/mol. The molecule has 0 saturated heterocycles. The van der Waals surface area contributed by atoms with E-state index in [1.54, 1.807) is 31.3 Å². The summed E-state index contributed by atoms with van der Waals surface area (Å²) in [5.41, 5.74) is -1.57. The second-order valence-electron chi connectivity index (χ2n) is 9.05. The van der Waals surface area contributed by atoms with E-state index in [-0.39, 0.29) is 98.7 Å². The van der Waals surface area contributed by atoms with E-state index >= 15 is 0 Å². The van der Waals surface area contributed by atoms with Crippen molar-refractivity contribution in [2.24, 2.45) is 13.0 Å². The van der Waals surface area contributed by atoms with E-state index in [1.807, 2.05) is 0 Å². The van der Waals surface area contributed by atoms with Crippen LogP contribution in [0.2, 0.25) is 0 Å². The number of halogens is 3. The molecule has 4 rings (SSSR count). The first-order chi connectivity index (χ1) is 18.8. The molecule has 10 nitrogen and oxygen atoms in total. The van der Waals surface area contributed by atoms with E-state index in [2.05, 4.69) is 20.3 Å². The molecule has 3 aromatic rings. The van der Waals surface area contributed by atoms with E-state index in [0.717, 1.165) is 19.0 Å². The Morgan fingerprint density at radius 3 is 2.37 bits per heavy atom. The molecule has 16 heteroatoms. The van der Waals surface area contributed by atoms with Crippen LogP contribution >= 0.6 is 0 Å². The van der Waals surface area contributed by atoms with Crippen LogP contribution in [-0.4, -0.2) is 66.0 Å². The van der Waals surface area contributed by atoms with Crippen molar-refractivity contribution in [3.05, 3.63) is 64.8 Å². The van der Waals surface area contributed by atoms with E-state index in [4.69, 9.17) is 35.3 Å².